The van der Waals surface area contributed by atoms with E-state index in [1.165, 1.54) is 0 Å². The zero-order valence-corrected chi connectivity index (χ0v) is 10.4. The smallest absolute Gasteiger partial charge is 0.254 e. The van der Waals surface area contributed by atoms with Gasteiger partial charge in [0, 0.05) is 31.5 Å². The Morgan fingerprint density at radius 2 is 2.31 bits per heavy atom. The highest BCUT2D eigenvalue weighted by Gasteiger charge is 2.17. The highest BCUT2D eigenvalue weighted by molar-refractivity contribution is 9.10. The number of pyridine rings is 1. The van der Waals surface area contributed by atoms with Gasteiger partial charge in [-0.25, -0.2) is 4.98 Å². The standard InChI is InChI=1S/C11H13BrN2O2/c12-10-8-9(2-3-13-10)11(15)14-4-1-6-16-7-5-14/h2-3,8H,1,4-7H2. The fraction of sp³-hybridized carbons (Fsp3) is 0.455. The van der Waals surface area contributed by atoms with Crippen molar-refractivity contribution < 1.29 is 9.53 Å². The minimum absolute atomic E-state index is 0.0496. The summed E-state index contributed by atoms with van der Waals surface area (Å²) in [4.78, 5) is 18.0. The lowest BCUT2D eigenvalue weighted by molar-refractivity contribution is 0.0741. The van der Waals surface area contributed by atoms with E-state index in [9.17, 15) is 4.79 Å². The van der Waals surface area contributed by atoms with Crippen LogP contribution in [0.4, 0.5) is 0 Å². The van der Waals surface area contributed by atoms with Crippen molar-refractivity contribution in [2.75, 3.05) is 26.3 Å². The lowest BCUT2D eigenvalue weighted by Gasteiger charge is -2.19. The normalized spacial score (nSPS) is 16.9. The Morgan fingerprint density at radius 1 is 1.44 bits per heavy atom. The third-order valence-electron chi connectivity index (χ3n) is 2.48. The fourth-order valence-electron chi connectivity index (χ4n) is 1.67. The van der Waals surface area contributed by atoms with Crippen LogP contribution in [0.3, 0.4) is 0 Å². The fourth-order valence-corrected chi connectivity index (χ4v) is 2.03. The molecule has 1 aliphatic heterocycles. The van der Waals surface area contributed by atoms with Crippen molar-refractivity contribution in [1.82, 2.24) is 9.88 Å². The van der Waals surface area contributed by atoms with Gasteiger partial charge in [-0.1, -0.05) is 0 Å². The molecule has 1 amide bonds. The minimum Gasteiger partial charge on any atom is -0.380 e. The van der Waals surface area contributed by atoms with Gasteiger partial charge in [0.15, 0.2) is 0 Å². The van der Waals surface area contributed by atoms with Crippen LogP contribution in [0.5, 0.6) is 0 Å². The average Bonchev–Trinajstić information content (AvgIpc) is 2.56. The molecule has 0 N–H and O–H groups in total. The Balaban J connectivity index is 2.11. The van der Waals surface area contributed by atoms with E-state index in [1.54, 1.807) is 18.3 Å². The number of amides is 1. The number of nitrogens with zero attached hydrogens (tertiary/aromatic N) is 2. The van der Waals surface area contributed by atoms with Gasteiger partial charge in [0.05, 0.1) is 6.61 Å². The van der Waals surface area contributed by atoms with Gasteiger partial charge in [-0.05, 0) is 34.5 Å². The van der Waals surface area contributed by atoms with Crippen LogP contribution >= 0.6 is 15.9 Å². The van der Waals surface area contributed by atoms with Crippen LogP contribution in [-0.4, -0.2) is 42.1 Å². The second-order valence-electron chi connectivity index (χ2n) is 3.63. The molecule has 16 heavy (non-hydrogen) atoms. The lowest BCUT2D eigenvalue weighted by Crippen LogP contribution is -2.33. The first-order valence-electron chi connectivity index (χ1n) is 5.26. The molecule has 0 aromatic carbocycles. The Hall–Kier alpha value is -0.940. The second-order valence-corrected chi connectivity index (χ2v) is 4.44. The summed E-state index contributed by atoms with van der Waals surface area (Å²) in [6, 6.07) is 3.48. The van der Waals surface area contributed by atoms with Crippen LogP contribution in [0, 0.1) is 0 Å². The summed E-state index contributed by atoms with van der Waals surface area (Å²) < 4.78 is 6.00. The average molecular weight is 285 g/mol. The monoisotopic (exact) mass is 284 g/mol. The Bertz CT molecular complexity index is 376. The molecular formula is C11H13BrN2O2. The van der Waals surface area contributed by atoms with E-state index >= 15 is 0 Å². The van der Waals surface area contributed by atoms with Gasteiger partial charge >= 0.3 is 0 Å². The molecule has 0 saturated carbocycles. The summed E-state index contributed by atoms with van der Waals surface area (Å²) in [5.74, 6) is 0.0496. The predicted molar refractivity (Wildman–Crippen MR) is 63.3 cm³/mol. The number of halogens is 1. The van der Waals surface area contributed by atoms with Gasteiger partial charge in [-0.3, -0.25) is 4.79 Å². The molecule has 86 valence electrons. The molecule has 1 aromatic rings. The van der Waals surface area contributed by atoms with E-state index in [0.717, 1.165) is 19.6 Å². The number of hydrogen-bond acceptors (Lipinski definition) is 3. The number of rotatable bonds is 1. The van der Waals surface area contributed by atoms with Crippen LogP contribution in [-0.2, 0) is 4.74 Å². The highest BCUT2D eigenvalue weighted by atomic mass is 79.9. The molecule has 4 nitrogen and oxygen atoms in total. The van der Waals surface area contributed by atoms with E-state index in [-0.39, 0.29) is 5.91 Å². The molecule has 0 aliphatic carbocycles. The van der Waals surface area contributed by atoms with Crippen molar-refractivity contribution in [2.45, 2.75) is 6.42 Å². The molecule has 1 fully saturated rings. The summed E-state index contributed by atoms with van der Waals surface area (Å²) in [6.45, 7) is 2.79. The maximum absolute atomic E-state index is 12.1. The van der Waals surface area contributed by atoms with Gasteiger partial charge in [0.2, 0.25) is 0 Å². The van der Waals surface area contributed by atoms with Crippen LogP contribution in [0.2, 0.25) is 0 Å². The van der Waals surface area contributed by atoms with E-state index in [1.807, 2.05) is 4.90 Å². The first-order valence-corrected chi connectivity index (χ1v) is 6.05. The van der Waals surface area contributed by atoms with Crippen LogP contribution in [0.1, 0.15) is 16.8 Å². The molecule has 1 aliphatic rings. The number of aromatic nitrogens is 1. The predicted octanol–water partition coefficient (Wildman–Crippen LogP) is 1.71. The molecular weight excluding hydrogens is 272 g/mol. The number of ether oxygens (including phenoxy) is 1. The van der Waals surface area contributed by atoms with Crippen molar-refractivity contribution in [3.8, 4) is 0 Å². The van der Waals surface area contributed by atoms with Gasteiger partial charge in [-0.2, -0.15) is 0 Å². The first-order chi connectivity index (χ1) is 7.77. The topological polar surface area (TPSA) is 42.4 Å². The number of hydrogen-bond donors (Lipinski definition) is 0. The van der Waals surface area contributed by atoms with Gasteiger partial charge < -0.3 is 9.64 Å². The summed E-state index contributed by atoms with van der Waals surface area (Å²) in [5.41, 5.74) is 0.670. The van der Waals surface area contributed by atoms with Crippen molar-refractivity contribution in [3.63, 3.8) is 0 Å². The zero-order valence-electron chi connectivity index (χ0n) is 8.86. The molecule has 1 saturated heterocycles. The third kappa shape index (κ3) is 2.80. The zero-order chi connectivity index (χ0) is 11.4. The molecule has 2 rings (SSSR count). The number of carbonyl (C=O) groups is 1. The van der Waals surface area contributed by atoms with Crippen molar-refractivity contribution in [2.24, 2.45) is 0 Å². The summed E-state index contributed by atoms with van der Waals surface area (Å²) in [7, 11) is 0. The molecule has 2 heterocycles. The van der Waals surface area contributed by atoms with Gasteiger partial charge in [-0.15, -0.1) is 0 Å². The Labute approximate surface area is 103 Å². The van der Waals surface area contributed by atoms with E-state index in [4.69, 9.17) is 4.74 Å². The molecule has 5 heteroatoms. The van der Waals surface area contributed by atoms with Crippen LogP contribution in [0.15, 0.2) is 22.9 Å². The Morgan fingerprint density at radius 3 is 3.12 bits per heavy atom. The molecule has 0 atom stereocenters. The molecule has 1 aromatic heterocycles. The number of carbonyl (C=O) groups excluding carboxylic acids is 1. The van der Waals surface area contributed by atoms with Gasteiger partial charge in [0.1, 0.15) is 4.60 Å². The van der Waals surface area contributed by atoms with Gasteiger partial charge in [0.25, 0.3) is 5.91 Å². The third-order valence-corrected chi connectivity index (χ3v) is 2.92. The van der Waals surface area contributed by atoms with Crippen molar-refractivity contribution >= 4 is 21.8 Å². The summed E-state index contributed by atoms with van der Waals surface area (Å²) in [5, 5.41) is 0. The molecule has 0 radical (unpaired) electrons. The maximum atomic E-state index is 12.1. The highest BCUT2D eigenvalue weighted by Crippen LogP contribution is 2.11. The first kappa shape index (κ1) is 11.5. The van der Waals surface area contributed by atoms with Crippen LogP contribution < -0.4 is 0 Å². The second kappa shape index (κ2) is 5.41. The minimum atomic E-state index is 0.0496. The molecule has 0 bridgehead atoms. The van der Waals surface area contributed by atoms with Crippen molar-refractivity contribution in [3.05, 3.63) is 28.5 Å². The Kier molecular flexibility index (Phi) is 3.90. The summed E-state index contributed by atoms with van der Waals surface area (Å²) >= 11 is 3.26. The van der Waals surface area contributed by atoms with E-state index in [2.05, 4.69) is 20.9 Å². The van der Waals surface area contributed by atoms with E-state index in [0.29, 0.717) is 23.3 Å². The summed E-state index contributed by atoms with van der Waals surface area (Å²) in [6.07, 6.45) is 2.53. The quantitative estimate of drug-likeness (QED) is 0.738. The van der Waals surface area contributed by atoms with Crippen molar-refractivity contribution in [1.29, 1.82) is 0 Å². The maximum Gasteiger partial charge on any atom is 0.254 e. The SMILES string of the molecule is O=C(c1ccnc(Br)c1)N1CCCOCC1. The van der Waals surface area contributed by atoms with Crippen LogP contribution in [0.25, 0.3) is 0 Å². The largest absolute Gasteiger partial charge is 0.380 e. The molecule has 0 spiro atoms. The lowest BCUT2D eigenvalue weighted by atomic mass is 10.2. The molecule has 0 unspecified atom stereocenters. The van der Waals surface area contributed by atoms with E-state index < -0.39 is 0 Å².